The van der Waals surface area contributed by atoms with Crippen LogP contribution in [0.2, 0.25) is 0 Å². The SMILES string of the molecule is Cc1cc(C)cc(NC(=O)NCC2CCS(=O)(=O)C2)c1. The summed E-state index contributed by atoms with van der Waals surface area (Å²) in [6, 6.07) is 5.53. The molecule has 2 N–H and O–H groups in total. The number of nitrogens with one attached hydrogen (secondary N) is 2. The van der Waals surface area contributed by atoms with Crippen LogP contribution in [0.5, 0.6) is 0 Å². The van der Waals surface area contributed by atoms with Crippen molar-refractivity contribution < 1.29 is 13.2 Å². The Morgan fingerprint density at radius 2 is 1.90 bits per heavy atom. The Morgan fingerprint density at radius 3 is 2.45 bits per heavy atom. The molecule has 0 saturated carbocycles. The lowest BCUT2D eigenvalue weighted by molar-refractivity contribution is 0.250. The van der Waals surface area contributed by atoms with Crippen molar-refractivity contribution in [2.75, 3.05) is 23.4 Å². The number of aryl methyl sites for hydroxylation is 2. The average molecular weight is 296 g/mol. The molecule has 1 aromatic rings. The zero-order valence-electron chi connectivity index (χ0n) is 11.8. The summed E-state index contributed by atoms with van der Waals surface area (Å²) < 4.78 is 22.6. The van der Waals surface area contributed by atoms with Crippen LogP contribution in [0.25, 0.3) is 0 Å². The third-order valence-electron chi connectivity index (χ3n) is 3.36. The van der Waals surface area contributed by atoms with Crippen molar-refractivity contribution in [2.24, 2.45) is 5.92 Å². The summed E-state index contributed by atoms with van der Waals surface area (Å²) in [4.78, 5) is 11.8. The zero-order chi connectivity index (χ0) is 14.8. The Hall–Kier alpha value is -1.56. The molecule has 1 atom stereocenters. The van der Waals surface area contributed by atoms with E-state index in [9.17, 15) is 13.2 Å². The molecule has 1 aliphatic heterocycles. The standard InChI is InChI=1S/C14H20N2O3S/c1-10-5-11(2)7-13(6-10)16-14(17)15-8-12-3-4-20(18,19)9-12/h5-7,12H,3-4,8-9H2,1-2H3,(H2,15,16,17). The van der Waals surface area contributed by atoms with Gasteiger partial charge in [-0.25, -0.2) is 13.2 Å². The van der Waals surface area contributed by atoms with Crippen LogP contribution in [0.4, 0.5) is 10.5 Å². The molecule has 1 aromatic carbocycles. The number of amides is 2. The first-order valence-electron chi connectivity index (χ1n) is 6.68. The summed E-state index contributed by atoms with van der Waals surface area (Å²) in [5.74, 6) is 0.444. The Bertz CT molecular complexity index is 591. The first kappa shape index (κ1) is 14.8. The maximum Gasteiger partial charge on any atom is 0.319 e. The molecule has 110 valence electrons. The maximum atomic E-state index is 11.8. The third-order valence-corrected chi connectivity index (χ3v) is 5.19. The van der Waals surface area contributed by atoms with E-state index in [0.29, 0.717) is 13.0 Å². The molecule has 0 aromatic heterocycles. The quantitative estimate of drug-likeness (QED) is 0.894. The Morgan fingerprint density at radius 1 is 1.25 bits per heavy atom. The van der Waals surface area contributed by atoms with Crippen LogP contribution in [-0.4, -0.2) is 32.5 Å². The van der Waals surface area contributed by atoms with Gasteiger partial charge >= 0.3 is 6.03 Å². The molecule has 6 heteroatoms. The summed E-state index contributed by atoms with van der Waals surface area (Å²) in [6.45, 7) is 4.34. The van der Waals surface area contributed by atoms with Crippen LogP contribution in [0.3, 0.4) is 0 Å². The van der Waals surface area contributed by atoms with Gasteiger partial charge in [0.25, 0.3) is 0 Å². The molecule has 20 heavy (non-hydrogen) atoms. The molecule has 1 unspecified atom stereocenters. The highest BCUT2D eigenvalue weighted by Gasteiger charge is 2.27. The van der Waals surface area contributed by atoms with Gasteiger partial charge in [-0.2, -0.15) is 0 Å². The summed E-state index contributed by atoms with van der Waals surface area (Å²) in [5.41, 5.74) is 2.92. The van der Waals surface area contributed by atoms with Crippen LogP contribution in [0, 0.1) is 19.8 Å². The molecule has 0 spiro atoms. The van der Waals surface area contributed by atoms with Crippen LogP contribution >= 0.6 is 0 Å². The van der Waals surface area contributed by atoms with E-state index in [1.54, 1.807) is 0 Å². The van der Waals surface area contributed by atoms with Crippen molar-refractivity contribution in [1.82, 2.24) is 5.32 Å². The zero-order valence-corrected chi connectivity index (χ0v) is 12.6. The van der Waals surface area contributed by atoms with Gasteiger partial charge in [-0.15, -0.1) is 0 Å². The lowest BCUT2D eigenvalue weighted by atomic mass is 10.1. The fraction of sp³-hybridized carbons (Fsp3) is 0.500. The second-order valence-electron chi connectivity index (χ2n) is 5.48. The van der Waals surface area contributed by atoms with Crippen LogP contribution < -0.4 is 10.6 Å². The van der Waals surface area contributed by atoms with E-state index in [1.165, 1.54) is 0 Å². The van der Waals surface area contributed by atoms with E-state index < -0.39 is 9.84 Å². The van der Waals surface area contributed by atoms with Crippen LogP contribution in [0.15, 0.2) is 18.2 Å². The van der Waals surface area contributed by atoms with Crippen LogP contribution in [-0.2, 0) is 9.84 Å². The summed E-state index contributed by atoms with van der Waals surface area (Å²) >= 11 is 0. The molecular weight excluding hydrogens is 276 g/mol. The Balaban J connectivity index is 1.84. The van der Waals surface area contributed by atoms with Gasteiger partial charge in [-0.1, -0.05) is 6.07 Å². The van der Waals surface area contributed by atoms with Gasteiger partial charge in [0, 0.05) is 12.2 Å². The predicted octanol–water partition coefficient (Wildman–Crippen LogP) is 1.86. The van der Waals surface area contributed by atoms with E-state index in [4.69, 9.17) is 0 Å². The molecular formula is C14H20N2O3S. The van der Waals surface area contributed by atoms with Crippen molar-refractivity contribution in [3.05, 3.63) is 29.3 Å². The highest BCUT2D eigenvalue weighted by atomic mass is 32.2. The average Bonchev–Trinajstić information content (AvgIpc) is 2.65. The first-order chi connectivity index (χ1) is 9.34. The predicted molar refractivity (Wildman–Crippen MR) is 79.7 cm³/mol. The van der Waals surface area contributed by atoms with Crippen molar-refractivity contribution in [1.29, 1.82) is 0 Å². The second kappa shape index (κ2) is 5.83. The fourth-order valence-electron chi connectivity index (χ4n) is 2.49. The Labute approximate surface area is 119 Å². The van der Waals surface area contributed by atoms with Gasteiger partial charge < -0.3 is 10.6 Å². The number of rotatable bonds is 3. The highest BCUT2D eigenvalue weighted by molar-refractivity contribution is 7.91. The molecule has 1 fully saturated rings. The number of hydrogen-bond acceptors (Lipinski definition) is 3. The number of urea groups is 1. The summed E-state index contributed by atoms with van der Waals surface area (Å²) in [5, 5.41) is 5.50. The normalized spacial score (nSPS) is 20.6. The molecule has 0 aliphatic carbocycles. The number of carbonyl (C=O) groups excluding carboxylic acids is 1. The minimum Gasteiger partial charge on any atom is -0.338 e. The number of sulfone groups is 1. The van der Waals surface area contributed by atoms with E-state index in [1.807, 2.05) is 32.0 Å². The van der Waals surface area contributed by atoms with Gasteiger partial charge in [0.05, 0.1) is 11.5 Å². The molecule has 2 rings (SSSR count). The largest absolute Gasteiger partial charge is 0.338 e. The van der Waals surface area contributed by atoms with E-state index in [0.717, 1.165) is 16.8 Å². The van der Waals surface area contributed by atoms with Gasteiger partial charge in [-0.05, 0) is 49.4 Å². The molecule has 0 radical (unpaired) electrons. The van der Waals surface area contributed by atoms with Crippen LogP contribution in [0.1, 0.15) is 17.5 Å². The van der Waals surface area contributed by atoms with Gasteiger partial charge in [0.15, 0.2) is 9.84 Å². The topological polar surface area (TPSA) is 75.3 Å². The molecule has 2 amide bonds. The smallest absolute Gasteiger partial charge is 0.319 e. The monoisotopic (exact) mass is 296 g/mol. The number of hydrogen-bond donors (Lipinski definition) is 2. The molecule has 1 heterocycles. The van der Waals surface area contributed by atoms with E-state index >= 15 is 0 Å². The number of carbonyl (C=O) groups is 1. The molecule has 0 bridgehead atoms. The lowest BCUT2D eigenvalue weighted by Gasteiger charge is -2.11. The maximum absolute atomic E-state index is 11.8. The van der Waals surface area contributed by atoms with E-state index in [-0.39, 0.29) is 23.5 Å². The highest BCUT2D eigenvalue weighted by Crippen LogP contribution is 2.17. The minimum absolute atomic E-state index is 0.0324. The molecule has 1 saturated heterocycles. The number of benzene rings is 1. The van der Waals surface area contributed by atoms with Gasteiger partial charge in [0.1, 0.15) is 0 Å². The fourth-order valence-corrected chi connectivity index (χ4v) is 4.35. The second-order valence-corrected chi connectivity index (χ2v) is 7.71. The minimum atomic E-state index is -2.89. The Kier molecular flexibility index (Phi) is 4.32. The summed E-state index contributed by atoms with van der Waals surface area (Å²) in [6.07, 6.45) is 0.631. The molecule has 1 aliphatic rings. The van der Waals surface area contributed by atoms with Crippen molar-refractivity contribution >= 4 is 21.6 Å². The molecule has 5 nitrogen and oxygen atoms in total. The summed E-state index contributed by atoms with van der Waals surface area (Å²) in [7, 11) is -2.89. The lowest BCUT2D eigenvalue weighted by Crippen LogP contribution is -2.33. The first-order valence-corrected chi connectivity index (χ1v) is 8.50. The number of anilines is 1. The van der Waals surface area contributed by atoms with Gasteiger partial charge in [0.2, 0.25) is 0 Å². The van der Waals surface area contributed by atoms with E-state index in [2.05, 4.69) is 10.6 Å². The van der Waals surface area contributed by atoms with Gasteiger partial charge in [-0.3, -0.25) is 0 Å². The third kappa shape index (κ3) is 4.23. The van der Waals surface area contributed by atoms with Crippen molar-refractivity contribution in [3.8, 4) is 0 Å². The van der Waals surface area contributed by atoms with Crippen molar-refractivity contribution in [2.45, 2.75) is 20.3 Å². The van der Waals surface area contributed by atoms with Crippen molar-refractivity contribution in [3.63, 3.8) is 0 Å².